The number of hydrogen-bond donors (Lipinski definition) is 1. The summed E-state index contributed by atoms with van der Waals surface area (Å²) in [4.78, 5) is 25.5. The predicted octanol–water partition coefficient (Wildman–Crippen LogP) is 3.57. The molecule has 9 rings (SSSR count). The molecule has 2 unspecified atom stereocenters. The Morgan fingerprint density at radius 3 is 2.64 bits per heavy atom. The van der Waals surface area contributed by atoms with Gasteiger partial charge >= 0.3 is 0 Å². The number of methoxy groups -OCH3 is 1. The van der Waals surface area contributed by atoms with Crippen LogP contribution >= 0.6 is 0 Å². The van der Waals surface area contributed by atoms with Crippen molar-refractivity contribution in [1.29, 1.82) is 5.26 Å². The molecule has 2 atom stereocenters. The molecule has 11 nitrogen and oxygen atoms in total. The fourth-order valence-electron chi connectivity index (χ4n) is 7.60. The lowest BCUT2D eigenvalue weighted by Crippen LogP contribution is -2.68. The molecule has 4 aliphatic heterocycles. The molecule has 11 heteroatoms. The number of nitrogens with one attached hydrogen (secondary N) is 1. The lowest BCUT2D eigenvalue weighted by Gasteiger charge is -2.56. The Morgan fingerprint density at radius 1 is 1.11 bits per heavy atom. The number of amides is 1. The second-order valence-corrected chi connectivity index (χ2v) is 12.7. The average Bonchev–Trinajstić information content (AvgIpc) is 3.45. The van der Waals surface area contributed by atoms with Crippen molar-refractivity contribution in [3.63, 3.8) is 0 Å². The van der Waals surface area contributed by atoms with Crippen LogP contribution in [-0.4, -0.2) is 74.8 Å². The maximum absolute atomic E-state index is 11.3. The first kappa shape index (κ1) is 26.9. The van der Waals surface area contributed by atoms with E-state index in [2.05, 4.69) is 49.5 Å². The van der Waals surface area contributed by atoms with Crippen LogP contribution in [0.3, 0.4) is 0 Å². The maximum Gasteiger partial charge on any atom is 0.222 e. The summed E-state index contributed by atoms with van der Waals surface area (Å²) in [6, 6.07) is 13.4. The summed E-state index contributed by atoms with van der Waals surface area (Å²) in [5.74, 6) is 3.04. The van der Waals surface area contributed by atoms with Crippen LogP contribution in [0, 0.1) is 17.2 Å². The number of β-lactam (4-membered cyclic amide) rings is 1. The maximum atomic E-state index is 11.3. The van der Waals surface area contributed by atoms with Crippen molar-refractivity contribution in [1.82, 2.24) is 29.8 Å². The van der Waals surface area contributed by atoms with Gasteiger partial charge in [-0.1, -0.05) is 6.07 Å². The number of hydrogen-bond acceptors (Lipinski definition) is 9. The molecule has 1 N–H and O–H groups in total. The fourth-order valence-corrected chi connectivity index (χ4v) is 7.60. The number of fused-ring (bicyclic) bond motifs is 3. The number of carbonyl (C=O) groups is 1. The van der Waals surface area contributed by atoms with E-state index in [0.717, 1.165) is 61.4 Å². The van der Waals surface area contributed by atoms with Crippen LogP contribution in [0.1, 0.15) is 43.2 Å². The van der Waals surface area contributed by atoms with Gasteiger partial charge in [0.25, 0.3) is 0 Å². The average molecular weight is 591 g/mol. The molecule has 4 saturated heterocycles. The van der Waals surface area contributed by atoms with Crippen LogP contribution in [-0.2, 0) is 11.3 Å². The number of nitriles is 1. The molecule has 44 heavy (non-hydrogen) atoms. The summed E-state index contributed by atoms with van der Waals surface area (Å²) >= 11 is 0. The Hall–Kier alpha value is -4.69. The first-order valence-electron chi connectivity index (χ1n) is 15.3. The molecule has 0 radical (unpaired) electrons. The zero-order valence-electron chi connectivity index (χ0n) is 24.6. The van der Waals surface area contributed by atoms with Gasteiger partial charge in [-0.25, -0.2) is 14.5 Å². The van der Waals surface area contributed by atoms with Crippen molar-refractivity contribution >= 4 is 17.2 Å². The smallest absolute Gasteiger partial charge is 0.222 e. The molecule has 1 aliphatic carbocycles. The number of aromatic nitrogens is 4. The third kappa shape index (κ3) is 4.70. The van der Waals surface area contributed by atoms with Crippen molar-refractivity contribution in [3.8, 4) is 28.8 Å². The number of carbonyl (C=O) groups excluding carboxylic acids is 1. The lowest BCUT2D eigenvalue weighted by molar-refractivity contribution is -0.139. The molecule has 0 aromatic carbocycles. The second-order valence-electron chi connectivity index (χ2n) is 12.7. The zero-order chi connectivity index (χ0) is 29.8. The van der Waals surface area contributed by atoms with Crippen LogP contribution in [0.4, 0.5) is 5.82 Å². The number of piperazine rings is 1. The van der Waals surface area contributed by atoms with Gasteiger partial charge in [0.05, 0.1) is 37.2 Å². The molecule has 4 aromatic rings. The summed E-state index contributed by atoms with van der Waals surface area (Å²) < 4.78 is 13.1. The third-order valence-corrected chi connectivity index (χ3v) is 9.86. The summed E-state index contributed by atoms with van der Waals surface area (Å²) in [7, 11) is 1.64. The Kier molecular flexibility index (Phi) is 6.41. The number of rotatable bonds is 9. The van der Waals surface area contributed by atoms with E-state index in [1.54, 1.807) is 17.8 Å². The number of nitrogens with zero attached hydrogens (tertiary/aromatic N) is 7. The van der Waals surface area contributed by atoms with Gasteiger partial charge in [-0.3, -0.25) is 9.69 Å². The minimum atomic E-state index is 0.0682. The van der Waals surface area contributed by atoms with Crippen LogP contribution < -0.4 is 19.7 Å². The minimum absolute atomic E-state index is 0.0682. The summed E-state index contributed by atoms with van der Waals surface area (Å²) in [5, 5.41) is 17.3. The molecule has 8 heterocycles. The van der Waals surface area contributed by atoms with Crippen molar-refractivity contribution in [3.05, 3.63) is 66.2 Å². The predicted molar refractivity (Wildman–Crippen MR) is 162 cm³/mol. The summed E-state index contributed by atoms with van der Waals surface area (Å²) in [6.07, 6.45) is 12.1. The van der Waals surface area contributed by atoms with E-state index < -0.39 is 0 Å². The van der Waals surface area contributed by atoms with E-state index in [9.17, 15) is 10.1 Å². The zero-order valence-corrected chi connectivity index (χ0v) is 24.6. The molecular weight excluding hydrogens is 556 g/mol. The Balaban J connectivity index is 0.940. The van der Waals surface area contributed by atoms with Crippen molar-refractivity contribution < 1.29 is 14.3 Å². The van der Waals surface area contributed by atoms with Crippen molar-refractivity contribution in [2.45, 2.75) is 56.3 Å². The van der Waals surface area contributed by atoms with Crippen LogP contribution in [0.2, 0.25) is 0 Å². The molecule has 5 aliphatic rings. The quantitative estimate of drug-likeness (QED) is 0.292. The number of piperidine rings is 1. The fraction of sp³-hybridized carbons (Fsp3) is 0.424. The standard InChI is InChI=1S/C33H34N8O3/c1-43-31-5-2-22(14-36-31)17-40-25-8-26(40)19-39(18-25)29-4-3-23(15-35-29)28-9-27(20-41-32(28)24(13-34)16-37-41)44-7-6-21-10-33(11-21)12-30(42)38-33/h2-5,9,14-16,20-21,25-26H,6-8,10-12,17-19H2,1H3,(H,38,42). The minimum Gasteiger partial charge on any atom is -0.492 e. The van der Waals surface area contributed by atoms with E-state index in [0.29, 0.717) is 48.2 Å². The third-order valence-electron chi connectivity index (χ3n) is 9.86. The van der Waals surface area contributed by atoms with Crippen molar-refractivity contribution in [2.24, 2.45) is 5.92 Å². The highest BCUT2D eigenvalue weighted by molar-refractivity contribution is 5.86. The summed E-state index contributed by atoms with van der Waals surface area (Å²) in [6.45, 7) is 3.37. The number of pyridine rings is 3. The molecule has 5 fully saturated rings. The second kappa shape index (κ2) is 10.5. The summed E-state index contributed by atoms with van der Waals surface area (Å²) in [5.41, 5.74) is 4.32. The molecular formula is C33H34N8O3. The highest BCUT2D eigenvalue weighted by Gasteiger charge is 2.52. The number of ether oxygens (including phenoxy) is 2. The van der Waals surface area contributed by atoms with E-state index in [1.165, 1.54) is 12.0 Å². The van der Waals surface area contributed by atoms with Gasteiger partial charge in [0, 0.05) is 73.3 Å². The normalized spacial score (nSPS) is 25.5. The molecule has 2 bridgehead atoms. The molecule has 1 spiro atoms. The van der Waals surface area contributed by atoms with Crippen LogP contribution in [0.25, 0.3) is 16.6 Å². The van der Waals surface area contributed by atoms with Gasteiger partial charge in [0.1, 0.15) is 17.6 Å². The van der Waals surface area contributed by atoms with Gasteiger partial charge in [0.2, 0.25) is 11.8 Å². The van der Waals surface area contributed by atoms with E-state index >= 15 is 0 Å². The van der Waals surface area contributed by atoms with Gasteiger partial charge in [0.15, 0.2) is 0 Å². The Bertz CT molecular complexity index is 1730. The number of anilines is 1. The molecule has 224 valence electrons. The first-order valence-corrected chi connectivity index (χ1v) is 15.3. The first-order chi connectivity index (χ1) is 21.5. The highest BCUT2D eigenvalue weighted by Crippen LogP contribution is 2.46. The van der Waals surface area contributed by atoms with Gasteiger partial charge in [-0.05, 0) is 55.4 Å². The van der Waals surface area contributed by atoms with Gasteiger partial charge < -0.3 is 19.7 Å². The molecule has 1 saturated carbocycles. The van der Waals surface area contributed by atoms with Gasteiger partial charge in [-0.15, -0.1) is 0 Å². The monoisotopic (exact) mass is 590 g/mol. The Morgan fingerprint density at radius 2 is 1.95 bits per heavy atom. The van der Waals surface area contributed by atoms with E-state index in [4.69, 9.17) is 14.5 Å². The van der Waals surface area contributed by atoms with E-state index in [1.807, 2.05) is 30.7 Å². The molecule has 4 aromatic heterocycles. The topological polar surface area (TPSA) is 121 Å². The lowest BCUT2D eigenvalue weighted by atomic mass is 9.62. The van der Waals surface area contributed by atoms with Crippen LogP contribution in [0.15, 0.2) is 55.1 Å². The van der Waals surface area contributed by atoms with Crippen LogP contribution in [0.5, 0.6) is 11.6 Å². The van der Waals surface area contributed by atoms with Gasteiger partial charge in [-0.2, -0.15) is 10.4 Å². The molecule has 1 amide bonds. The van der Waals surface area contributed by atoms with E-state index in [-0.39, 0.29) is 11.4 Å². The Labute approximate surface area is 255 Å². The highest BCUT2D eigenvalue weighted by atomic mass is 16.5. The SMILES string of the molecule is COc1ccc(CN2C3CC2CN(c2ccc(-c4cc(OCCC5CC6(CC(=O)N6)C5)cn5ncc(C#N)c45)cn2)C3)cn1. The largest absolute Gasteiger partial charge is 0.492 e. The van der Waals surface area contributed by atoms with Crippen molar-refractivity contribution in [2.75, 3.05) is 31.7 Å².